The number of carbonyl (C=O) groups is 2. The first kappa shape index (κ1) is 19.6. The highest BCUT2D eigenvalue weighted by Crippen LogP contribution is 2.43. The summed E-state index contributed by atoms with van der Waals surface area (Å²) in [6, 6.07) is 11.4. The predicted molar refractivity (Wildman–Crippen MR) is 106 cm³/mol. The zero-order chi connectivity index (χ0) is 21.6. The van der Waals surface area contributed by atoms with Gasteiger partial charge in [0.2, 0.25) is 0 Å². The number of Topliss-reactive ketones (excluding diaryl/α,β-unsaturated/α-hetero) is 1. The van der Waals surface area contributed by atoms with Crippen LogP contribution in [0.1, 0.15) is 28.7 Å². The second kappa shape index (κ2) is 7.26. The van der Waals surface area contributed by atoms with Gasteiger partial charge in [0.05, 0.1) is 11.3 Å². The van der Waals surface area contributed by atoms with Crippen LogP contribution in [0.15, 0.2) is 64.6 Å². The molecule has 1 saturated heterocycles. The first-order valence-corrected chi connectivity index (χ1v) is 9.17. The summed E-state index contributed by atoms with van der Waals surface area (Å²) in [5.41, 5.74) is 0.743. The van der Waals surface area contributed by atoms with E-state index in [1.54, 1.807) is 43.3 Å². The number of amides is 1. The number of aliphatic hydroxyl groups excluding tert-OH is 1. The van der Waals surface area contributed by atoms with Crippen molar-refractivity contribution < 1.29 is 27.9 Å². The zero-order valence-electron chi connectivity index (χ0n) is 16.1. The maximum atomic E-state index is 14.5. The minimum atomic E-state index is -1.21. The Morgan fingerprint density at radius 3 is 2.30 bits per heavy atom. The Labute approximate surface area is 170 Å². The fourth-order valence-electron chi connectivity index (χ4n) is 3.49. The molecule has 1 aliphatic heterocycles. The number of aryl methyl sites for hydroxylation is 2. The van der Waals surface area contributed by atoms with E-state index in [1.807, 2.05) is 6.92 Å². The Morgan fingerprint density at radius 1 is 1.00 bits per heavy atom. The van der Waals surface area contributed by atoms with Crippen molar-refractivity contribution >= 4 is 23.1 Å². The maximum absolute atomic E-state index is 14.5. The van der Waals surface area contributed by atoms with E-state index in [2.05, 4.69) is 0 Å². The summed E-state index contributed by atoms with van der Waals surface area (Å²) in [4.78, 5) is 26.6. The van der Waals surface area contributed by atoms with Gasteiger partial charge in [-0.2, -0.15) is 0 Å². The molecular weight excluding hydrogens is 392 g/mol. The highest BCUT2D eigenvalue weighted by atomic mass is 19.1. The minimum absolute atomic E-state index is 0.170. The van der Waals surface area contributed by atoms with Crippen molar-refractivity contribution in [2.24, 2.45) is 0 Å². The number of aliphatic hydroxyl groups is 1. The molecule has 0 bridgehead atoms. The van der Waals surface area contributed by atoms with Gasteiger partial charge < -0.3 is 9.52 Å². The van der Waals surface area contributed by atoms with Gasteiger partial charge in [-0.05, 0) is 38.1 Å². The largest absolute Gasteiger partial charge is 0.507 e. The molecule has 0 saturated carbocycles. The van der Waals surface area contributed by atoms with Gasteiger partial charge in [0.25, 0.3) is 11.7 Å². The minimum Gasteiger partial charge on any atom is -0.507 e. The Kier molecular flexibility index (Phi) is 4.73. The monoisotopic (exact) mass is 409 g/mol. The van der Waals surface area contributed by atoms with Gasteiger partial charge in [-0.3, -0.25) is 14.5 Å². The molecule has 7 heteroatoms. The molecule has 30 heavy (non-hydrogen) atoms. The van der Waals surface area contributed by atoms with Crippen molar-refractivity contribution in [3.8, 4) is 0 Å². The first-order valence-electron chi connectivity index (χ1n) is 9.17. The van der Waals surface area contributed by atoms with Crippen LogP contribution in [-0.4, -0.2) is 16.8 Å². The van der Waals surface area contributed by atoms with Crippen molar-refractivity contribution in [1.82, 2.24) is 0 Å². The number of rotatable bonds is 3. The van der Waals surface area contributed by atoms with Crippen LogP contribution < -0.4 is 4.90 Å². The van der Waals surface area contributed by atoms with Crippen molar-refractivity contribution in [3.63, 3.8) is 0 Å². The average molecular weight is 409 g/mol. The molecule has 152 valence electrons. The second-order valence-corrected chi connectivity index (χ2v) is 7.08. The zero-order valence-corrected chi connectivity index (χ0v) is 16.1. The molecule has 1 atom stereocenters. The average Bonchev–Trinajstić information content (AvgIpc) is 3.24. The molecule has 3 aromatic rings. The predicted octanol–water partition coefficient (Wildman–Crippen LogP) is 4.80. The molecular formula is C23H17F2NO4. The molecule has 0 radical (unpaired) electrons. The normalized spacial score (nSPS) is 18.3. The fourth-order valence-corrected chi connectivity index (χ4v) is 3.49. The van der Waals surface area contributed by atoms with Gasteiger partial charge in [-0.25, -0.2) is 8.78 Å². The molecule has 1 amide bonds. The summed E-state index contributed by atoms with van der Waals surface area (Å²) < 4.78 is 33.6. The lowest BCUT2D eigenvalue weighted by atomic mass is 9.98. The first-order chi connectivity index (χ1) is 14.3. The fraction of sp³-hybridized carbons (Fsp3) is 0.130. The third kappa shape index (κ3) is 3.18. The third-order valence-electron chi connectivity index (χ3n) is 4.97. The van der Waals surface area contributed by atoms with Gasteiger partial charge in [0.15, 0.2) is 0 Å². The van der Waals surface area contributed by atoms with Crippen LogP contribution in [0.25, 0.3) is 5.76 Å². The van der Waals surface area contributed by atoms with Crippen LogP contribution in [0, 0.1) is 25.5 Å². The van der Waals surface area contributed by atoms with E-state index in [0.29, 0.717) is 17.4 Å². The molecule has 1 unspecified atom stereocenters. The van der Waals surface area contributed by atoms with Crippen LogP contribution in [0.3, 0.4) is 0 Å². The number of halogens is 2. The molecule has 4 rings (SSSR count). The van der Waals surface area contributed by atoms with E-state index in [4.69, 9.17) is 4.42 Å². The number of benzene rings is 2. The topological polar surface area (TPSA) is 70.8 Å². The lowest BCUT2D eigenvalue weighted by molar-refractivity contribution is -0.132. The van der Waals surface area contributed by atoms with Crippen molar-refractivity contribution in [2.45, 2.75) is 19.9 Å². The van der Waals surface area contributed by atoms with E-state index in [0.717, 1.165) is 22.6 Å². The van der Waals surface area contributed by atoms with E-state index in [1.165, 1.54) is 0 Å². The molecule has 1 N–H and O–H groups in total. The molecule has 2 aromatic carbocycles. The molecule has 0 spiro atoms. The number of anilines is 1. The van der Waals surface area contributed by atoms with Gasteiger partial charge in [-0.15, -0.1) is 0 Å². The van der Waals surface area contributed by atoms with Crippen LogP contribution in [0.4, 0.5) is 14.5 Å². The van der Waals surface area contributed by atoms with Crippen LogP contribution in [0.5, 0.6) is 0 Å². The Hall–Kier alpha value is -3.74. The van der Waals surface area contributed by atoms with E-state index in [-0.39, 0.29) is 17.0 Å². The molecule has 1 fully saturated rings. The van der Waals surface area contributed by atoms with Crippen molar-refractivity contribution in [1.29, 1.82) is 0 Å². The van der Waals surface area contributed by atoms with E-state index in [9.17, 15) is 23.5 Å². The smallest absolute Gasteiger partial charge is 0.300 e. The third-order valence-corrected chi connectivity index (χ3v) is 4.97. The quantitative estimate of drug-likeness (QED) is 0.383. The number of nitrogens with zero attached hydrogens (tertiary/aromatic N) is 1. The summed E-state index contributed by atoms with van der Waals surface area (Å²) in [5.74, 6) is -3.60. The van der Waals surface area contributed by atoms with Gasteiger partial charge in [0, 0.05) is 11.6 Å². The number of hydrogen-bond donors (Lipinski definition) is 1. The molecule has 1 aromatic heterocycles. The summed E-state index contributed by atoms with van der Waals surface area (Å²) in [6.07, 6.45) is 0. The van der Waals surface area contributed by atoms with Crippen molar-refractivity contribution in [3.05, 3.63) is 94.5 Å². The van der Waals surface area contributed by atoms with Gasteiger partial charge >= 0.3 is 0 Å². The molecule has 1 aliphatic rings. The summed E-state index contributed by atoms with van der Waals surface area (Å²) >= 11 is 0. The van der Waals surface area contributed by atoms with Crippen LogP contribution in [0.2, 0.25) is 0 Å². The number of furan rings is 1. The van der Waals surface area contributed by atoms with E-state index >= 15 is 0 Å². The highest BCUT2D eigenvalue weighted by Gasteiger charge is 2.49. The highest BCUT2D eigenvalue weighted by molar-refractivity contribution is 6.51. The van der Waals surface area contributed by atoms with Crippen molar-refractivity contribution in [2.75, 3.05) is 4.90 Å². The summed E-state index contributed by atoms with van der Waals surface area (Å²) in [5, 5.41) is 10.9. The molecule has 0 aliphatic carbocycles. The lowest BCUT2D eigenvalue weighted by Crippen LogP contribution is -2.30. The lowest BCUT2D eigenvalue weighted by Gasteiger charge is -2.23. The van der Waals surface area contributed by atoms with E-state index < -0.39 is 35.1 Å². The maximum Gasteiger partial charge on any atom is 0.300 e. The standard InChI is InChI=1S/C23H17F2NO4/c1-12-3-6-14(7-4-12)21(27)19-20(18-10-5-13(2)30-18)26(23(29)22(19)28)17-9-8-15(24)11-16(17)25/h3-11,20,27H,1-2H3/b21-19-. The Balaban J connectivity index is 1.95. The van der Waals surface area contributed by atoms with Gasteiger partial charge in [0.1, 0.15) is 35.0 Å². The summed E-state index contributed by atoms with van der Waals surface area (Å²) in [7, 11) is 0. The second-order valence-electron chi connectivity index (χ2n) is 7.08. The number of hydrogen-bond acceptors (Lipinski definition) is 4. The Morgan fingerprint density at radius 2 is 1.70 bits per heavy atom. The molecule has 5 nitrogen and oxygen atoms in total. The number of carbonyl (C=O) groups excluding carboxylic acids is 2. The van der Waals surface area contributed by atoms with Crippen LogP contribution >= 0.6 is 0 Å². The molecule has 2 heterocycles. The number of ketones is 1. The SMILES string of the molecule is Cc1ccc(/C(O)=C2/C(=O)C(=O)N(c3ccc(F)cc3F)C2c2ccc(C)o2)cc1. The van der Waals surface area contributed by atoms with Gasteiger partial charge in [-0.1, -0.05) is 29.8 Å². The van der Waals surface area contributed by atoms with Crippen LogP contribution in [-0.2, 0) is 9.59 Å². The Bertz CT molecular complexity index is 1190. The summed E-state index contributed by atoms with van der Waals surface area (Å²) in [6.45, 7) is 3.54.